The van der Waals surface area contributed by atoms with Crippen molar-refractivity contribution in [1.29, 1.82) is 0 Å². The molecule has 0 bridgehead atoms. The van der Waals surface area contributed by atoms with Crippen molar-refractivity contribution in [2.75, 3.05) is 7.05 Å². The highest BCUT2D eigenvalue weighted by Crippen LogP contribution is 2.19. The molecular formula is C16H22N4. The van der Waals surface area contributed by atoms with Crippen LogP contribution in [-0.2, 0) is 6.54 Å². The van der Waals surface area contributed by atoms with Crippen molar-refractivity contribution in [3.8, 4) is 0 Å². The van der Waals surface area contributed by atoms with E-state index >= 15 is 0 Å². The highest BCUT2D eigenvalue weighted by Gasteiger charge is 2.12. The molecule has 0 aromatic carbocycles. The van der Waals surface area contributed by atoms with Crippen molar-refractivity contribution in [3.63, 3.8) is 0 Å². The Labute approximate surface area is 120 Å². The molecule has 20 heavy (non-hydrogen) atoms. The Bertz CT molecular complexity index is 522. The molecule has 2 heterocycles. The zero-order valence-electron chi connectivity index (χ0n) is 12.6. The molecule has 0 fully saturated rings. The largest absolute Gasteiger partial charge is 0.295 e. The van der Waals surface area contributed by atoms with E-state index in [0.29, 0.717) is 12.0 Å². The number of nitrogens with zero attached hydrogens (tertiary/aromatic N) is 4. The molecule has 4 heteroatoms. The second-order valence-corrected chi connectivity index (χ2v) is 5.48. The predicted molar refractivity (Wildman–Crippen MR) is 80.2 cm³/mol. The van der Waals surface area contributed by atoms with Crippen LogP contribution in [0.5, 0.6) is 0 Å². The first-order valence-corrected chi connectivity index (χ1v) is 6.99. The summed E-state index contributed by atoms with van der Waals surface area (Å²) in [5, 5.41) is 0. The Kier molecular flexibility index (Phi) is 4.79. The second kappa shape index (κ2) is 6.57. The topological polar surface area (TPSA) is 41.9 Å². The molecule has 2 rings (SSSR count). The summed E-state index contributed by atoms with van der Waals surface area (Å²) in [6.45, 7) is 7.21. The molecule has 4 nitrogen and oxygen atoms in total. The van der Waals surface area contributed by atoms with Gasteiger partial charge in [0.05, 0.1) is 0 Å². The van der Waals surface area contributed by atoms with Crippen LogP contribution in [0.25, 0.3) is 0 Å². The third-order valence-corrected chi connectivity index (χ3v) is 3.50. The third-order valence-electron chi connectivity index (χ3n) is 3.50. The number of hydrogen-bond acceptors (Lipinski definition) is 4. The Hall–Kier alpha value is -1.81. The summed E-state index contributed by atoms with van der Waals surface area (Å²) in [5.74, 6) is 1.27. The van der Waals surface area contributed by atoms with Gasteiger partial charge >= 0.3 is 0 Å². The van der Waals surface area contributed by atoms with Crippen LogP contribution in [0.3, 0.4) is 0 Å². The van der Waals surface area contributed by atoms with Gasteiger partial charge in [-0.05, 0) is 25.6 Å². The summed E-state index contributed by atoms with van der Waals surface area (Å²) >= 11 is 0. The van der Waals surface area contributed by atoms with E-state index in [9.17, 15) is 0 Å². The van der Waals surface area contributed by atoms with E-state index in [1.807, 2.05) is 24.7 Å². The third kappa shape index (κ3) is 3.61. The molecular weight excluding hydrogens is 248 g/mol. The van der Waals surface area contributed by atoms with Crippen LogP contribution < -0.4 is 0 Å². The maximum absolute atomic E-state index is 4.41. The maximum Gasteiger partial charge on any atom is 0.130 e. The van der Waals surface area contributed by atoms with Crippen molar-refractivity contribution in [3.05, 3.63) is 53.9 Å². The summed E-state index contributed by atoms with van der Waals surface area (Å²) in [6.07, 6.45) is 7.57. The Balaban J connectivity index is 2.02. The Morgan fingerprint density at radius 1 is 1.10 bits per heavy atom. The second-order valence-electron chi connectivity index (χ2n) is 5.48. The van der Waals surface area contributed by atoms with Crippen LogP contribution in [0.2, 0.25) is 0 Å². The van der Waals surface area contributed by atoms with Crippen LogP contribution in [0, 0.1) is 0 Å². The SMILES string of the molecule is CC(C)c1ncc(CN(C)[C@@H](C)c2cccnc2)cn1. The molecule has 0 aliphatic carbocycles. The van der Waals surface area contributed by atoms with E-state index in [1.165, 1.54) is 5.56 Å². The van der Waals surface area contributed by atoms with Crippen molar-refractivity contribution < 1.29 is 0 Å². The molecule has 0 radical (unpaired) electrons. The van der Waals surface area contributed by atoms with Gasteiger partial charge in [0.25, 0.3) is 0 Å². The lowest BCUT2D eigenvalue weighted by atomic mass is 10.1. The van der Waals surface area contributed by atoms with Crippen LogP contribution in [0.15, 0.2) is 36.9 Å². The zero-order valence-corrected chi connectivity index (χ0v) is 12.6. The first-order valence-electron chi connectivity index (χ1n) is 6.99. The van der Waals surface area contributed by atoms with E-state index in [-0.39, 0.29) is 0 Å². The van der Waals surface area contributed by atoms with E-state index in [0.717, 1.165) is 17.9 Å². The van der Waals surface area contributed by atoms with Gasteiger partial charge in [0, 0.05) is 48.9 Å². The fourth-order valence-electron chi connectivity index (χ4n) is 2.05. The van der Waals surface area contributed by atoms with Crippen LogP contribution in [0.1, 0.15) is 49.7 Å². The van der Waals surface area contributed by atoms with E-state index in [4.69, 9.17) is 0 Å². The Morgan fingerprint density at radius 2 is 1.80 bits per heavy atom. The fourth-order valence-corrected chi connectivity index (χ4v) is 2.05. The van der Waals surface area contributed by atoms with Gasteiger partial charge in [-0.15, -0.1) is 0 Å². The van der Waals surface area contributed by atoms with Crippen molar-refractivity contribution in [2.45, 2.75) is 39.3 Å². The minimum atomic E-state index is 0.313. The molecule has 0 amide bonds. The first kappa shape index (κ1) is 14.6. The number of pyridine rings is 1. The predicted octanol–water partition coefficient (Wildman–Crippen LogP) is 3.19. The van der Waals surface area contributed by atoms with E-state index < -0.39 is 0 Å². The van der Waals surface area contributed by atoms with Gasteiger partial charge in [0.2, 0.25) is 0 Å². The van der Waals surface area contributed by atoms with Gasteiger partial charge in [0.1, 0.15) is 5.82 Å². The van der Waals surface area contributed by atoms with Gasteiger partial charge in [-0.2, -0.15) is 0 Å². The average Bonchev–Trinajstić information content (AvgIpc) is 2.48. The molecule has 0 spiro atoms. The molecule has 0 aliphatic rings. The maximum atomic E-state index is 4.41. The fraction of sp³-hybridized carbons (Fsp3) is 0.438. The van der Waals surface area contributed by atoms with Crippen LogP contribution in [0.4, 0.5) is 0 Å². The summed E-state index contributed by atoms with van der Waals surface area (Å²) in [6, 6.07) is 4.39. The highest BCUT2D eigenvalue weighted by molar-refractivity contribution is 5.14. The first-order chi connectivity index (χ1) is 9.58. The van der Waals surface area contributed by atoms with Gasteiger partial charge in [-0.25, -0.2) is 9.97 Å². The number of hydrogen-bond donors (Lipinski definition) is 0. The molecule has 0 unspecified atom stereocenters. The quantitative estimate of drug-likeness (QED) is 0.836. The van der Waals surface area contributed by atoms with Gasteiger partial charge < -0.3 is 0 Å². The molecule has 1 atom stereocenters. The van der Waals surface area contributed by atoms with Crippen molar-refractivity contribution in [2.24, 2.45) is 0 Å². The summed E-state index contributed by atoms with van der Waals surface area (Å²) in [5.41, 5.74) is 2.35. The average molecular weight is 270 g/mol. The molecule has 0 aliphatic heterocycles. The lowest BCUT2D eigenvalue weighted by molar-refractivity contribution is 0.252. The number of aromatic nitrogens is 3. The smallest absolute Gasteiger partial charge is 0.130 e. The lowest BCUT2D eigenvalue weighted by Crippen LogP contribution is -2.22. The molecule has 0 N–H and O–H groups in total. The van der Waals surface area contributed by atoms with Gasteiger partial charge in [0.15, 0.2) is 0 Å². The van der Waals surface area contributed by atoms with Gasteiger partial charge in [-0.1, -0.05) is 19.9 Å². The minimum absolute atomic E-state index is 0.313. The van der Waals surface area contributed by atoms with E-state index in [2.05, 4.69) is 53.7 Å². The molecule has 0 saturated heterocycles. The minimum Gasteiger partial charge on any atom is -0.295 e. The van der Waals surface area contributed by atoms with Crippen LogP contribution >= 0.6 is 0 Å². The molecule has 0 saturated carbocycles. The normalized spacial score (nSPS) is 12.9. The highest BCUT2D eigenvalue weighted by atomic mass is 15.1. The van der Waals surface area contributed by atoms with E-state index in [1.54, 1.807) is 6.20 Å². The Morgan fingerprint density at radius 3 is 2.35 bits per heavy atom. The molecule has 2 aromatic heterocycles. The monoisotopic (exact) mass is 270 g/mol. The lowest BCUT2D eigenvalue weighted by Gasteiger charge is -2.24. The summed E-state index contributed by atoms with van der Waals surface area (Å²) < 4.78 is 0. The standard InChI is InChI=1S/C16H22N4/c1-12(2)16-18-8-14(9-19-16)11-20(4)13(3)15-6-5-7-17-10-15/h5-10,12-13H,11H2,1-4H3/t13-/m0/s1. The zero-order chi connectivity index (χ0) is 14.5. The van der Waals surface area contributed by atoms with Crippen molar-refractivity contribution in [1.82, 2.24) is 19.9 Å². The number of rotatable bonds is 5. The van der Waals surface area contributed by atoms with Gasteiger partial charge in [-0.3, -0.25) is 9.88 Å². The van der Waals surface area contributed by atoms with Crippen molar-refractivity contribution >= 4 is 0 Å². The summed E-state index contributed by atoms with van der Waals surface area (Å²) in [4.78, 5) is 15.3. The molecule has 2 aromatic rings. The van der Waals surface area contributed by atoms with Crippen LogP contribution in [-0.4, -0.2) is 26.9 Å². The summed E-state index contributed by atoms with van der Waals surface area (Å²) in [7, 11) is 2.11. The molecule has 106 valence electrons.